The van der Waals surface area contributed by atoms with E-state index in [1.54, 1.807) is 19.1 Å². The third-order valence-electron chi connectivity index (χ3n) is 5.82. The molecule has 4 rings (SSSR count). The van der Waals surface area contributed by atoms with Crippen molar-refractivity contribution in [3.8, 4) is 0 Å². The van der Waals surface area contributed by atoms with E-state index in [9.17, 15) is 13.6 Å². The van der Waals surface area contributed by atoms with Crippen LogP contribution in [-0.4, -0.2) is 61.3 Å². The number of nitrogens with one attached hydrogen (secondary N) is 1. The molecule has 0 bridgehead atoms. The molecule has 0 spiro atoms. The first-order valence-electron chi connectivity index (χ1n) is 10.6. The number of piperidine rings is 1. The van der Waals surface area contributed by atoms with Crippen LogP contribution >= 0.6 is 0 Å². The largest absolute Gasteiger partial charge is 0.378 e. The first-order chi connectivity index (χ1) is 14.9. The summed E-state index contributed by atoms with van der Waals surface area (Å²) in [5.74, 6) is -3.27. The lowest BCUT2D eigenvalue weighted by molar-refractivity contribution is -0.148. The van der Waals surface area contributed by atoms with Crippen LogP contribution in [0.1, 0.15) is 24.0 Å². The summed E-state index contributed by atoms with van der Waals surface area (Å²) in [5, 5.41) is 2.56. The van der Waals surface area contributed by atoms with E-state index in [1.165, 1.54) is 18.5 Å². The summed E-state index contributed by atoms with van der Waals surface area (Å²) in [6.07, 6.45) is 2.94. The number of aromatic nitrogens is 2. The Bertz CT molecular complexity index is 920. The van der Waals surface area contributed by atoms with Gasteiger partial charge in [-0.1, -0.05) is 24.3 Å². The smallest absolute Gasteiger partial charge is 0.350 e. The molecule has 166 valence electrons. The van der Waals surface area contributed by atoms with Crippen molar-refractivity contribution < 1.29 is 18.3 Å². The molecule has 0 radical (unpaired) electrons. The number of carbonyl (C=O) groups excluding carboxylic acids is 1. The quantitative estimate of drug-likeness (QED) is 0.785. The molecule has 2 aromatic rings. The minimum atomic E-state index is -3.58. The van der Waals surface area contributed by atoms with Crippen molar-refractivity contribution in [1.29, 1.82) is 0 Å². The number of halogens is 2. The van der Waals surface area contributed by atoms with Crippen LogP contribution in [0.3, 0.4) is 0 Å². The topological polar surface area (TPSA) is 70.6 Å². The van der Waals surface area contributed by atoms with Crippen LogP contribution < -0.4 is 15.1 Å². The van der Waals surface area contributed by atoms with Crippen molar-refractivity contribution in [3.05, 3.63) is 47.8 Å². The minimum absolute atomic E-state index is 0.258. The van der Waals surface area contributed by atoms with Gasteiger partial charge in [0.1, 0.15) is 18.0 Å². The van der Waals surface area contributed by atoms with E-state index in [1.807, 2.05) is 11.0 Å². The molecule has 0 saturated carbocycles. The molecule has 2 fully saturated rings. The number of morpholine rings is 1. The lowest BCUT2D eigenvalue weighted by atomic mass is 10.0. The van der Waals surface area contributed by atoms with Crippen LogP contribution in [0, 0.1) is 6.92 Å². The molecule has 1 aromatic carbocycles. The van der Waals surface area contributed by atoms with Gasteiger partial charge in [0, 0.05) is 43.9 Å². The predicted octanol–water partition coefficient (Wildman–Crippen LogP) is 2.50. The van der Waals surface area contributed by atoms with Crippen LogP contribution in [0.5, 0.6) is 0 Å². The molecule has 9 heteroatoms. The van der Waals surface area contributed by atoms with E-state index in [0.717, 1.165) is 37.7 Å². The van der Waals surface area contributed by atoms with Gasteiger partial charge in [0.05, 0.1) is 13.2 Å². The molecule has 7 nitrogen and oxygen atoms in total. The van der Waals surface area contributed by atoms with Crippen molar-refractivity contribution in [2.75, 3.05) is 49.2 Å². The number of ether oxygens (including phenoxy) is 1. The Hall–Kier alpha value is -2.81. The van der Waals surface area contributed by atoms with Gasteiger partial charge >= 0.3 is 5.92 Å². The first-order valence-corrected chi connectivity index (χ1v) is 10.6. The maximum atomic E-state index is 14.8. The summed E-state index contributed by atoms with van der Waals surface area (Å²) in [7, 11) is 0. The van der Waals surface area contributed by atoms with E-state index in [0.29, 0.717) is 31.7 Å². The number of hydrogen-bond acceptors (Lipinski definition) is 6. The summed E-state index contributed by atoms with van der Waals surface area (Å²) in [6.45, 7) is 5.61. The molecule has 2 aliphatic rings. The molecule has 1 amide bonds. The molecule has 1 N–H and O–H groups in total. The van der Waals surface area contributed by atoms with E-state index in [-0.39, 0.29) is 11.6 Å². The molecule has 2 aliphatic heterocycles. The highest BCUT2D eigenvalue weighted by Gasteiger charge is 2.43. The highest BCUT2D eigenvalue weighted by molar-refractivity contribution is 5.85. The molecule has 1 aromatic heterocycles. The standard InChI is InChI=1S/C22H27F2N5O2/c1-16-5-2-3-7-18(16)22(23,24)21(30)27-17-6-4-8-29(14-17)20-13-19(25-15-26-20)28-9-11-31-12-10-28/h2-3,5,7,13,15,17H,4,6,8-12,14H2,1H3,(H,27,30). The van der Waals surface area contributed by atoms with E-state index in [2.05, 4.69) is 20.2 Å². The molecule has 1 unspecified atom stereocenters. The van der Waals surface area contributed by atoms with Crippen LogP contribution in [0.15, 0.2) is 36.7 Å². The van der Waals surface area contributed by atoms with Crippen LogP contribution in [0.2, 0.25) is 0 Å². The average molecular weight is 431 g/mol. The number of amides is 1. The van der Waals surface area contributed by atoms with Gasteiger partial charge in [0.2, 0.25) is 0 Å². The van der Waals surface area contributed by atoms with E-state index < -0.39 is 11.8 Å². The fourth-order valence-corrected chi connectivity index (χ4v) is 4.10. The Morgan fingerprint density at radius 2 is 1.84 bits per heavy atom. The van der Waals surface area contributed by atoms with Gasteiger partial charge in [-0.25, -0.2) is 9.97 Å². The second kappa shape index (κ2) is 9.13. The van der Waals surface area contributed by atoms with Gasteiger partial charge in [0.15, 0.2) is 0 Å². The second-order valence-corrected chi connectivity index (χ2v) is 7.98. The number of aryl methyl sites for hydroxylation is 1. The number of anilines is 2. The average Bonchev–Trinajstić information content (AvgIpc) is 2.80. The molecule has 2 saturated heterocycles. The zero-order valence-electron chi connectivity index (χ0n) is 17.6. The lowest BCUT2D eigenvalue weighted by Gasteiger charge is -2.35. The van der Waals surface area contributed by atoms with Crippen LogP contribution in [0.4, 0.5) is 20.4 Å². The SMILES string of the molecule is Cc1ccccc1C(F)(F)C(=O)NC1CCCN(c2cc(N3CCOCC3)ncn2)C1. The Balaban J connectivity index is 1.43. The summed E-state index contributed by atoms with van der Waals surface area (Å²) >= 11 is 0. The van der Waals surface area contributed by atoms with Gasteiger partial charge in [-0.2, -0.15) is 8.78 Å². The Kier molecular flexibility index (Phi) is 6.31. The number of alkyl halides is 2. The van der Waals surface area contributed by atoms with Crippen LogP contribution in [-0.2, 0) is 15.5 Å². The number of nitrogens with zero attached hydrogens (tertiary/aromatic N) is 4. The van der Waals surface area contributed by atoms with Crippen molar-refractivity contribution in [2.24, 2.45) is 0 Å². The van der Waals surface area contributed by atoms with Crippen molar-refractivity contribution in [3.63, 3.8) is 0 Å². The summed E-state index contributed by atoms with van der Waals surface area (Å²) in [4.78, 5) is 25.4. The highest BCUT2D eigenvalue weighted by Crippen LogP contribution is 2.31. The van der Waals surface area contributed by atoms with Gasteiger partial charge in [0.25, 0.3) is 5.91 Å². The lowest BCUT2D eigenvalue weighted by Crippen LogP contribution is -2.51. The monoisotopic (exact) mass is 431 g/mol. The number of rotatable bonds is 5. The maximum Gasteiger partial charge on any atom is 0.350 e. The number of carbonyl (C=O) groups is 1. The molecule has 3 heterocycles. The van der Waals surface area contributed by atoms with Gasteiger partial charge in [-0.05, 0) is 25.3 Å². The van der Waals surface area contributed by atoms with Crippen molar-refractivity contribution in [2.45, 2.75) is 31.7 Å². The van der Waals surface area contributed by atoms with Gasteiger partial charge in [-0.15, -0.1) is 0 Å². The third kappa shape index (κ3) is 4.76. The zero-order chi connectivity index (χ0) is 21.8. The molecular weight excluding hydrogens is 404 g/mol. The maximum absolute atomic E-state index is 14.8. The zero-order valence-corrected chi connectivity index (χ0v) is 17.6. The van der Waals surface area contributed by atoms with E-state index >= 15 is 0 Å². The summed E-state index contributed by atoms with van der Waals surface area (Å²) in [6, 6.07) is 7.62. The molecule has 1 atom stereocenters. The van der Waals surface area contributed by atoms with Crippen LogP contribution in [0.25, 0.3) is 0 Å². The fraction of sp³-hybridized carbons (Fsp3) is 0.500. The number of hydrogen-bond donors (Lipinski definition) is 1. The van der Waals surface area contributed by atoms with Gasteiger partial charge in [-0.3, -0.25) is 4.79 Å². The molecular formula is C22H27F2N5O2. The third-order valence-corrected chi connectivity index (χ3v) is 5.82. The minimum Gasteiger partial charge on any atom is -0.378 e. The predicted molar refractivity (Wildman–Crippen MR) is 114 cm³/mol. The Morgan fingerprint density at radius 1 is 1.13 bits per heavy atom. The fourth-order valence-electron chi connectivity index (χ4n) is 4.10. The number of benzene rings is 1. The Morgan fingerprint density at radius 3 is 2.58 bits per heavy atom. The normalized spacial score (nSPS) is 19.9. The highest BCUT2D eigenvalue weighted by atomic mass is 19.3. The van der Waals surface area contributed by atoms with Gasteiger partial charge < -0.3 is 19.9 Å². The van der Waals surface area contributed by atoms with Crippen molar-refractivity contribution >= 4 is 17.5 Å². The second-order valence-electron chi connectivity index (χ2n) is 7.98. The molecule has 0 aliphatic carbocycles. The van der Waals surface area contributed by atoms with Crippen molar-refractivity contribution in [1.82, 2.24) is 15.3 Å². The first kappa shape index (κ1) is 21.4. The summed E-state index contributed by atoms with van der Waals surface area (Å²) < 4.78 is 35.0. The molecule has 31 heavy (non-hydrogen) atoms. The van der Waals surface area contributed by atoms with E-state index in [4.69, 9.17) is 4.74 Å². The Labute approximate surface area is 180 Å². The summed E-state index contributed by atoms with van der Waals surface area (Å²) in [5.41, 5.74) is 0.135.